The Labute approximate surface area is 99.4 Å². The van der Waals surface area contributed by atoms with E-state index in [2.05, 4.69) is 0 Å². The highest BCUT2D eigenvalue weighted by Crippen LogP contribution is 2.55. The van der Waals surface area contributed by atoms with Gasteiger partial charge in [0, 0.05) is 12.0 Å². The third kappa shape index (κ3) is 2.08. The van der Waals surface area contributed by atoms with Gasteiger partial charge in [-0.2, -0.15) is 13.2 Å². The molecule has 0 aliphatic heterocycles. The van der Waals surface area contributed by atoms with Gasteiger partial charge in [-0.1, -0.05) is 6.42 Å². The third-order valence-corrected chi connectivity index (χ3v) is 4.96. The molecule has 0 atom stereocenters. The summed E-state index contributed by atoms with van der Waals surface area (Å²) in [4.78, 5) is 0. The summed E-state index contributed by atoms with van der Waals surface area (Å²) in [5.41, 5.74) is 4.46. The summed E-state index contributed by atoms with van der Waals surface area (Å²) in [6.45, 7) is 0.389. The van der Waals surface area contributed by atoms with Crippen molar-refractivity contribution in [2.24, 2.45) is 17.1 Å². The van der Waals surface area contributed by atoms with Crippen molar-refractivity contribution in [3.8, 4) is 0 Å². The molecule has 0 heterocycles. The van der Waals surface area contributed by atoms with Gasteiger partial charge in [0.2, 0.25) is 0 Å². The van der Waals surface area contributed by atoms with E-state index in [9.17, 15) is 18.3 Å². The number of rotatable bonds is 2. The molecule has 0 saturated heterocycles. The van der Waals surface area contributed by atoms with Gasteiger partial charge in [-0.05, 0) is 38.5 Å². The Hall–Kier alpha value is -0.290. The molecular formula is C12H20F3NO. The van der Waals surface area contributed by atoms with Crippen molar-refractivity contribution in [3.63, 3.8) is 0 Å². The zero-order chi connectivity index (χ0) is 12.7. The van der Waals surface area contributed by atoms with Gasteiger partial charge in [-0.15, -0.1) is 0 Å². The second-order valence-electron chi connectivity index (χ2n) is 5.69. The molecule has 2 nitrogen and oxygen atoms in total. The molecule has 2 aliphatic carbocycles. The Morgan fingerprint density at radius 3 is 1.94 bits per heavy atom. The highest BCUT2D eigenvalue weighted by atomic mass is 19.4. The predicted octanol–water partition coefficient (Wildman–Crippen LogP) is 2.60. The summed E-state index contributed by atoms with van der Waals surface area (Å²) in [6, 6.07) is 0. The summed E-state index contributed by atoms with van der Waals surface area (Å²) < 4.78 is 37.7. The van der Waals surface area contributed by atoms with Gasteiger partial charge < -0.3 is 10.8 Å². The molecule has 0 aromatic rings. The maximum Gasteiger partial charge on any atom is 0.391 e. The molecule has 5 heteroatoms. The van der Waals surface area contributed by atoms with E-state index >= 15 is 0 Å². The van der Waals surface area contributed by atoms with E-state index in [0.29, 0.717) is 6.54 Å². The molecule has 3 N–H and O–H groups in total. The predicted molar refractivity (Wildman–Crippen MR) is 58.3 cm³/mol. The summed E-state index contributed by atoms with van der Waals surface area (Å²) in [5.74, 6) is -1.24. The van der Waals surface area contributed by atoms with Crippen LogP contribution < -0.4 is 5.73 Å². The second kappa shape index (κ2) is 4.12. The van der Waals surface area contributed by atoms with Crippen LogP contribution in [0.2, 0.25) is 0 Å². The number of halogens is 3. The maximum absolute atomic E-state index is 12.6. The van der Waals surface area contributed by atoms with E-state index in [1.165, 1.54) is 0 Å². The third-order valence-electron chi connectivity index (χ3n) is 4.96. The van der Waals surface area contributed by atoms with E-state index in [0.717, 1.165) is 19.3 Å². The average molecular weight is 251 g/mol. The molecule has 0 amide bonds. The molecule has 100 valence electrons. The van der Waals surface area contributed by atoms with Gasteiger partial charge in [0.25, 0.3) is 0 Å². The Morgan fingerprint density at radius 1 is 1.12 bits per heavy atom. The van der Waals surface area contributed by atoms with Crippen molar-refractivity contribution < 1.29 is 18.3 Å². The highest BCUT2D eigenvalue weighted by molar-refractivity contribution is 5.06. The molecule has 0 aromatic carbocycles. The summed E-state index contributed by atoms with van der Waals surface area (Å²) in [6.07, 6.45) is -0.793. The van der Waals surface area contributed by atoms with Gasteiger partial charge in [0.1, 0.15) is 0 Å². The number of hydrogen-bond acceptors (Lipinski definition) is 2. The molecule has 2 fully saturated rings. The summed E-state index contributed by atoms with van der Waals surface area (Å²) >= 11 is 0. The van der Waals surface area contributed by atoms with Crippen LogP contribution in [0.3, 0.4) is 0 Å². The fourth-order valence-electron chi connectivity index (χ4n) is 3.42. The number of hydrogen-bond donors (Lipinski definition) is 2. The smallest absolute Gasteiger partial charge is 0.389 e. The number of aliphatic hydroxyl groups is 1. The Morgan fingerprint density at radius 2 is 1.65 bits per heavy atom. The van der Waals surface area contributed by atoms with Crippen LogP contribution >= 0.6 is 0 Å². The van der Waals surface area contributed by atoms with Crippen LogP contribution in [0.1, 0.15) is 44.9 Å². The fraction of sp³-hybridized carbons (Fsp3) is 1.00. The Kier molecular flexibility index (Phi) is 3.19. The van der Waals surface area contributed by atoms with Gasteiger partial charge in [0.05, 0.1) is 11.5 Å². The largest absolute Gasteiger partial charge is 0.391 e. The SMILES string of the molecule is NCC1(C2(O)CCC(C(F)(F)F)CC2)CCC1. The first-order chi connectivity index (χ1) is 7.83. The lowest BCUT2D eigenvalue weighted by atomic mass is 9.54. The molecule has 2 saturated carbocycles. The number of alkyl halides is 3. The van der Waals surface area contributed by atoms with Crippen molar-refractivity contribution in [2.45, 2.75) is 56.7 Å². The average Bonchev–Trinajstić information content (AvgIpc) is 2.15. The molecule has 0 bridgehead atoms. The first kappa shape index (κ1) is 13.1. The molecule has 0 unspecified atom stereocenters. The molecule has 0 aromatic heterocycles. The standard InChI is InChI=1S/C12H20F3NO/c13-12(14,15)9-2-6-11(17,7-3-9)10(8-16)4-1-5-10/h9,17H,1-8,16H2. The van der Waals surface area contributed by atoms with Crippen LogP contribution in [0, 0.1) is 11.3 Å². The van der Waals surface area contributed by atoms with Crippen LogP contribution in [0.15, 0.2) is 0 Å². The molecule has 2 rings (SSSR count). The van der Waals surface area contributed by atoms with Crippen LogP contribution in [-0.2, 0) is 0 Å². The maximum atomic E-state index is 12.6. The van der Waals surface area contributed by atoms with Crippen LogP contribution in [-0.4, -0.2) is 23.4 Å². The van der Waals surface area contributed by atoms with Crippen molar-refractivity contribution in [3.05, 3.63) is 0 Å². The summed E-state index contributed by atoms with van der Waals surface area (Å²) in [5, 5.41) is 10.6. The van der Waals surface area contributed by atoms with Gasteiger partial charge in [0.15, 0.2) is 0 Å². The summed E-state index contributed by atoms with van der Waals surface area (Å²) in [7, 11) is 0. The molecular weight excluding hydrogens is 231 g/mol. The van der Waals surface area contributed by atoms with Gasteiger partial charge >= 0.3 is 6.18 Å². The molecule has 17 heavy (non-hydrogen) atoms. The fourth-order valence-corrected chi connectivity index (χ4v) is 3.42. The first-order valence-electron chi connectivity index (χ1n) is 6.32. The monoisotopic (exact) mass is 251 g/mol. The Balaban J connectivity index is 2.02. The highest BCUT2D eigenvalue weighted by Gasteiger charge is 2.56. The number of nitrogens with two attached hydrogens (primary N) is 1. The molecule has 2 aliphatic rings. The van der Waals surface area contributed by atoms with E-state index in [1.807, 2.05) is 0 Å². The molecule has 0 radical (unpaired) electrons. The van der Waals surface area contributed by atoms with E-state index in [-0.39, 0.29) is 31.1 Å². The zero-order valence-corrected chi connectivity index (χ0v) is 9.89. The first-order valence-corrected chi connectivity index (χ1v) is 6.32. The quantitative estimate of drug-likeness (QED) is 0.792. The minimum atomic E-state index is -4.11. The van der Waals surface area contributed by atoms with E-state index in [1.54, 1.807) is 0 Å². The van der Waals surface area contributed by atoms with Crippen molar-refractivity contribution in [1.29, 1.82) is 0 Å². The zero-order valence-electron chi connectivity index (χ0n) is 9.89. The topological polar surface area (TPSA) is 46.2 Å². The van der Waals surface area contributed by atoms with E-state index in [4.69, 9.17) is 5.73 Å². The molecule has 0 spiro atoms. The van der Waals surface area contributed by atoms with Gasteiger partial charge in [-0.3, -0.25) is 0 Å². The minimum Gasteiger partial charge on any atom is -0.389 e. The second-order valence-corrected chi connectivity index (χ2v) is 5.69. The lowest BCUT2D eigenvalue weighted by molar-refractivity contribution is -0.211. The minimum absolute atomic E-state index is 0.0434. The van der Waals surface area contributed by atoms with Crippen LogP contribution in [0.4, 0.5) is 13.2 Å². The van der Waals surface area contributed by atoms with Crippen molar-refractivity contribution >= 4 is 0 Å². The Bertz CT molecular complexity index is 272. The van der Waals surface area contributed by atoms with E-state index < -0.39 is 17.7 Å². The van der Waals surface area contributed by atoms with Crippen molar-refractivity contribution in [1.82, 2.24) is 0 Å². The van der Waals surface area contributed by atoms with Gasteiger partial charge in [-0.25, -0.2) is 0 Å². The normalized spacial score (nSPS) is 37.6. The van der Waals surface area contributed by atoms with Crippen LogP contribution in [0.25, 0.3) is 0 Å². The lowest BCUT2D eigenvalue weighted by Crippen LogP contribution is -2.58. The lowest BCUT2D eigenvalue weighted by Gasteiger charge is -2.55. The van der Waals surface area contributed by atoms with Crippen LogP contribution in [0.5, 0.6) is 0 Å². The van der Waals surface area contributed by atoms with Crippen molar-refractivity contribution in [2.75, 3.05) is 6.54 Å².